The Morgan fingerprint density at radius 3 is 2.47 bits per heavy atom. The molecule has 8 nitrogen and oxygen atoms in total. The molecule has 2 aromatic heterocycles. The van der Waals surface area contributed by atoms with E-state index in [1.165, 1.54) is 5.56 Å². The highest BCUT2D eigenvalue weighted by Crippen LogP contribution is 2.32. The highest BCUT2D eigenvalue weighted by Gasteiger charge is 2.29. The molecule has 2 unspecified atom stereocenters. The van der Waals surface area contributed by atoms with Crippen molar-refractivity contribution < 1.29 is 13.7 Å². The summed E-state index contributed by atoms with van der Waals surface area (Å²) < 4.78 is 24.0. The van der Waals surface area contributed by atoms with Crippen molar-refractivity contribution in [3.05, 3.63) is 66.4 Å². The van der Waals surface area contributed by atoms with Gasteiger partial charge in [-0.3, -0.25) is 0 Å². The largest absolute Gasteiger partial charge is 0.611 e. The molecule has 9 heteroatoms. The molecule has 3 heterocycles. The van der Waals surface area contributed by atoms with Gasteiger partial charge in [0.1, 0.15) is 11.1 Å². The number of rotatable bonds is 7. The van der Waals surface area contributed by atoms with Crippen molar-refractivity contribution in [3.8, 4) is 34.0 Å². The van der Waals surface area contributed by atoms with Crippen LogP contribution >= 0.6 is 0 Å². The van der Waals surface area contributed by atoms with E-state index in [0.29, 0.717) is 36.4 Å². The fraction of sp³-hybridized carbons (Fsp3) is 0.240. The van der Waals surface area contributed by atoms with Crippen molar-refractivity contribution in [1.82, 2.24) is 20.5 Å². The fourth-order valence-corrected chi connectivity index (χ4v) is 5.20. The van der Waals surface area contributed by atoms with E-state index in [2.05, 4.69) is 20.5 Å². The molecule has 34 heavy (non-hydrogen) atoms. The van der Waals surface area contributed by atoms with E-state index in [9.17, 15) is 4.55 Å². The Hall–Kier alpha value is -3.24. The number of nitrogens with one attached hydrogen (secondary N) is 1. The van der Waals surface area contributed by atoms with Gasteiger partial charge in [-0.1, -0.05) is 12.1 Å². The smallest absolute Gasteiger partial charge is 0.251 e. The van der Waals surface area contributed by atoms with Gasteiger partial charge >= 0.3 is 0 Å². The highest BCUT2D eigenvalue weighted by atomic mass is 32.2. The van der Waals surface area contributed by atoms with Crippen molar-refractivity contribution in [2.45, 2.75) is 23.1 Å². The number of hydrogen-bond donors (Lipinski definition) is 2. The first-order valence-electron chi connectivity index (χ1n) is 11.0. The van der Waals surface area contributed by atoms with Gasteiger partial charge in [0.2, 0.25) is 5.89 Å². The van der Waals surface area contributed by atoms with Crippen LogP contribution in [0.5, 0.6) is 0 Å². The summed E-state index contributed by atoms with van der Waals surface area (Å²) in [4.78, 5) is 5.13. The van der Waals surface area contributed by atoms with E-state index in [0.717, 1.165) is 34.6 Å². The summed E-state index contributed by atoms with van der Waals surface area (Å²) in [5, 5.41) is 11.6. The molecule has 1 aliphatic heterocycles. The fourth-order valence-electron chi connectivity index (χ4n) is 3.88. The predicted octanol–water partition coefficient (Wildman–Crippen LogP) is 3.66. The number of nitrogen functional groups attached to an aromatic ring is 1. The van der Waals surface area contributed by atoms with Crippen LogP contribution in [0.3, 0.4) is 0 Å². The lowest BCUT2D eigenvalue weighted by Crippen LogP contribution is -2.21. The molecule has 1 aliphatic rings. The predicted molar refractivity (Wildman–Crippen MR) is 131 cm³/mol. The van der Waals surface area contributed by atoms with E-state index in [1.807, 2.05) is 61.6 Å². The van der Waals surface area contributed by atoms with Gasteiger partial charge in [-0.05, 0) is 71.8 Å². The van der Waals surface area contributed by atoms with E-state index in [-0.39, 0.29) is 5.25 Å². The second-order valence-corrected chi connectivity index (χ2v) is 9.84. The van der Waals surface area contributed by atoms with E-state index >= 15 is 0 Å². The van der Waals surface area contributed by atoms with Crippen LogP contribution in [0.25, 0.3) is 34.0 Å². The molecule has 0 spiro atoms. The van der Waals surface area contributed by atoms with Crippen molar-refractivity contribution in [3.63, 3.8) is 0 Å². The van der Waals surface area contributed by atoms with Gasteiger partial charge in [-0.25, -0.2) is 4.98 Å². The normalized spacial score (nSPS) is 16.6. The summed E-state index contributed by atoms with van der Waals surface area (Å²) in [6, 6.07) is 17.5. The number of pyridine rings is 1. The molecule has 0 bridgehead atoms. The Balaban J connectivity index is 1.38. The minimum absolute atomic E-state index is 0.0573. The molecule has 3 N–H and O–H groups in total. The van der Waals surface area contributed by atoms with Gasteiger partial charge in [0.05, 0.1) is 18.8 Å². The summed E-state index contributed by atoms with van der Waals surface area (Å²) in [6.45, 7) is 2.01. The Morgan fingerprint density at radius 1 is 1.03 bits per heavy atom. The average Bonchev–Trinajstić information content (AvgIpc) is 3.58. The minimum atomic E-state index is -1.08. The third-order valence-corrected chi connectivity index (χ3v) is 7.48. The van der Waals surface area contributed by atoms with Crippen LogP contribution in [0, 0.1) is 0 Å². The Kier molecular flexibility index (Phi) is 6.59. The lowest BCUT2D eigenvalue weighted by atomic mass is 10.1. The van der Waals surface area contributed by atoms with Crippen LogP contribution in [0.4, 0.5) is 5.82 Å². The van der Waals surface area contributed by atoms with Crippen LogP contribution in [-0.4, -0.2) is 45.2 Å². The standard InChI is InChI=1S/C25H25N5O3S/c1-27-13-16-2-4-18(5-3-16)24-29-30-25(33-24)22-12-19(14-28-23(22)26)17-6-8-20(9-7-17)34(31)21-10-11-32-15-21/h2-9,12,14,21,27H,10-11,13,15H2,1H3,(H2,26,28). The molecule has 0 saturated carbocycles. The SMILES string of the molecule is CNCc1ccc(-c2nnc(-c3cc(-c4ccc([S+]([O-])C5CCOC5)cc4)cnc3N)o2)cc1. The lowest BCUT2D eigenvalue weighted by molar-refractivity contribution is 0.198. The summed E-state index contributed by atoms with van der Waals surface area (Å²) >= 11 is -1.08. The summed E-state index contributed by atoms with van der Waals surface area (Å²) in [7, 11) is 1.91. The molecule has 0 aliphatic carbocycles. The number of nitrogens with zero attached hydrogens (tertiary/aromatic N) is 3. The topological polar surface area (TPSA) is 122 Å². The molecular formula is C25H25N5O3S. The molecule has 5 rings (SSSR count). The van der Waals surface area contributed by atoms with Crippen LogP contribution in [0.2, 0.25) is 0 Å². The highest BCUT2D eigenvalue weighted by molar-refractivity contribution is 7.92. The summed E-state index contributed by atoms with van der Waals surface area (Å²) in [5.74, 6) is 1.03. The van der Waals surface area contributed by atoms with E-state index in [1.54, 1.807) is 6.20 Å². The summed E-state index contributed by atoms with van der Waals surface area (Å²) in [5.41, 5.74) is 10.5. The first-order chi connectivity index (χ1) is 16.6. The van der Waals surface area contributed by atoms with Crippen LogP contribution in [0.1, 0.15) is 12.0 Å². The lowest BCUT2D eigenvalue weighted by Gasteiger charge is -2.16. The maximum Gasteiger partial charge on any atom is 0.251 e. The molecular weight excluding hydrogens is 450 g/mol. The van der Waals surface area contributed by atoms with Gasteiger partial charge in [0, 0.05) is 30.3 Å². The first kappa shape index (κ1) is 22.5. The summed E-state index contributed by atoms with van der Waals surface area (Å²) in [6.07, 6.45) is 2.53. The monoisotopic (exact) mass is 475 g/mol. The molecule has 174 valence electrons. The van der Waals surface area contributed by atoms with E-state index < -0.39 is 11.2 Å². The number of hydrogen-bond acceptors (Lipinski definition) is 8. The van der Waals surface area contributed by atoms with Crippen molar-refractivity contribution >= 4 is 17.0 Å². The Bertz CT molecular complexity index is 1250. The number of aromatic nitrogens is 3. The van der Waals surface area contributed by atoms with Gasteiger partial charge in [0.25, 0.3) is 5.89 Å². The Labute approximate surface area is 200 Å². The molecule has 2 aromatic carbocycles. The molecule has 1 fully saturated rings. The third-order valence-electron chi connectivity index (χ3n) is 5.77. The third kappa shape index (κ3) is 4.69. The van der Waals surface area contributed by atoms with Crippen LogP contribution in [-0.2, 0) is 22.5 Å². The molecule has 0 radical (unpaired) electrons. The van der Waals surface area contributed by atoms with Crippen molar-refractivity contribution in [2.75, 3.05) is 26.0 Å². The van der Waals surface area contributed by atoms with Gasteiger partial charge < -0.3 is 24.8 Å². The number of anilines is 1. The Morgan fingerprint density at radius 2 is 1.76 bits per heavy atom. The molecule has 0 amide bonds. The second kappa shape index (κ2) is 9.94. The quantitative estimate of drug-likeness (QED) is 0.388. The molecule has 2 atom stereocenters. The first-order valence-corrected chi connectivity index (χ1v) is 12.3. The van der Waals surface area contributed by atoms with Crippen molar-refractivity contribution in [1.29, 1.82) is 0 Å². The van der Waals surface area contributed by atoms with Gasteiger partial charge in [0.15, 0.2) is 4.90 Å². The maximum absolute atomic E-state index is 12.7. The maximum atomic E-state index is 12.7. The second-order valence-electron chi connectivity index (χ2n) is 8.10. The van der Waals surface area contributed by atoms with Crippen LogP contribution in [0.15, 0.2) is 70.1 Å². The van der Waals surface area contributed by atoms with E-state index in [4.69, 9.17) is 14.9 Å². The average molecular weight is 476 g/mol. The molecule has 4 aromatic rings. The number of benzene rings is 2. The minimum Gasteiger partial charge on any atom is -0.611 e. The molecule has 1 saturated heterocycles. The van der Waals surface area contributed by atoms with Crippen molar-refractivity contribution in [2.24, 2.45) is 0 Å². The number of ether oxygens (including phenoxy) is 1. The zero-order valence-electron chi connectivity index (χ0n) is 18.7. The van der Waals surface area contributed by atoms with Crippen LogP contribution < -0.4 is 11.1 Å². The number of nitrogens with two attached hydrogens (primary N) is 1. The zero-order chi connectivity index (χ0) is 23.5. The zero-order valence-corrected chi connectivity index (χ0v) is 19.5. The van der Waals surface area contributed by atoms with Gasteiger partial charge in [-0.15, -0.1) is 10.2 Å². The van der Waals surface area contributed by atoms with Gasteiger partial charge in [-0.2, -0.15) is 0 Å².